The lowest BCUT2D eigenvalue weighted by Gasteiger charge is -2.29. The quantitative estimate of drug-likeness (QED) is 0.221. The van der Waals surface area contributed by atoms with Crippen molar-refractivity contribution < 1.29 is 13.5 Å². The highest BCUT2D eigenvalue weighted by Crippen LogP contribution is 2.39. The zero-order chi connectivity index (χ0) is 22.8. The normalized spacial score (nSPS) is 26.2. The summed E-state index contributed by atoms with van der Waals surface area (Å²) in [5, 5.41) is 0. The van der Waals surface area contributed by atoms with Crippen LogP contribution in [-0.4, -0.2) is 15.4 Å². The zero-order valence-electron chi connectivity index (χ0n) is 20.6. The summed E-state index contributed by atoms with van der Waals surface area (Å²) in [5.41, 5.74) is 0.573. The molecule has 3 rings (SSSR count). The lowest BCUT2D eigenvalue weighted by molar-refractivity contribution is 0.245. The molecule has 1 heterocycles. The fourth-order valence-corrected chi connectivity index (χ4v) is 9.73. The van der Waals surface area contributed by atoms with Gasteiger partial charge >= 0.3 is 0 Å². The van der Waals surface area contributed by atoms with E-state index >= 15 is 0 Å². The third-order valence-corrected chi connectivity index (χ3v) is 11.8. The van der Waals surface area contributed by atoms with Gasteiger partial charge < -0.3 is 4.74 Å². The largest absolute Gasteiger partial charge is 0.491 e. The van der Waals surface area contributed by atoms with Crippen LogP contribution in [0.1, 0.15) is 109 Å². The molecule has 1 saturated heterocycles. The predicted molar refractivity (Wildman–Crippen MR) is 135 cm³/mol. The molecule has 0 N–H and O–H groups in total. The first-order valence-electron chi connectivity index (χ1n) is 13.7. The van der Waals surface area contributed by atoms with Gasteiger partial charge in [0.25, 0.3) is 0 Å². The SMILES string of the molecule is CCCCC[C@H]1CC[C@H](CCCC[SiH]2CCC(c3ccc(OCC)c(F)c3F)CC2)CC1. The van der Waals surface area contributed by atoms with Gasteiger partial charge in [0.1, 0.15) is 0 Å². The molecule has 1 saturated carbocycles. The first-order chi connectivity index (χ1) is 15.6. The summed E-state index contributed by atoms with van der Waals surface area (Å²) < 4.78 is 34.0. The van der Waals surface area contributed by atoms with E-state index < -0.39 is 20.4 Å². The molecule has 32 heavy (non-hydrogen) atoms. The van der Waals surface area contributed by atoms with Crippen LogP contribution in [-0.2, 0) is 0 Å². The fourth-order valence-electron chi connectivity index (χ4n) is 6.25. The number of unbranched alkanes of at least 4 members (excludes halogenated alkanes) is 3. The van der Waals surface area contributed by atoms with Crippen molar-refractivity contribution in [3.63, 3.8) is 0 Å². The number of hydrogen-bond acceptors (Lipinski definition) is 1. The Labute approximate surface area is 197 Å². The van der Waals surface area contributed by atoms with Crippen molar-refractivity contribution in [1.82, 2.24) is 0 Å². The molecular formula is C28H46F2OSi. The van der Waals surface area contributed by atoms with E-state index in [-0.39, 0.29) is 11.7 Å². The minimum absolute atomic E-state index is 0.0433. The van der Waals surface area contributed by atoms with E-state index in [1.165, 1.54) is 88.8 Å². The van der Waals surface area contributed by atoms with Crippen molar-refractivity contribution in [1.29, 1.82) is 0 Å². The van der Waals surface area contributed by atoms with E-state index in [0.717, 1.165) is 24.7 Å². The topological polar surface area (TPSA) is 9.23 Å². The molecule has 0 amide bonds. The molecule has 2 aliphatic rings. The van der Waals surface area contributed by atoms with E-state index in [1.807, 2.05) is 0 Å². The maximum absolute atomic E-state index is 14.6. The molecule has 0 bridgehead atoms. The molecule has 2 fully saturated rings. The Morgan fingerprint density at radius 2 is 1.44 bits per heavy atom. The molecule has 0 unspecified atom stereocenters. The Morgan fingerprint density at radius 3 is 2.03 bits per heavy atom. The fraction of sp³-hybridized carbons (Fsp3) is 0.786. The van der Waals surface area contributed by atoms with E-state index in [4.69, 9.17) is 4.74 Å². The number of halogens is 2. The van der Waals surface area contributed by atoms with Crippen LogP contribution in [0.25, 0.3) is 0 Å². The minimum atomic E-state index is -0.807. The molecular weight excluding hydrogens is 418 g/mol. The van der Waals surface area contributed by atoms with E-state index in [0.29, 0.717) is 12.2 Å². The number of benzene rings is 1. The number of rotatable bonds is 12. The lowest BCUT2D eigenvalue weighted by atomic mass is 9.78. The van der Waals surface area contributed by atoms with Gasteiger partial charge in [-0.15, -0.1) is 0 Å². The molecule has 1 aromatic rings. The molecule has 0 radical (unpaired) electrons. The van der Waals surface area contributed by atoms with Crippen LogP contribution in [0.5, 0.6) is 5.75 Å². The Morgan fingerprint density at radius 1 is 0.812 bits per heavy atom. The average Bonchev–Trinajstić information content (AvgIpc) is 2.82. The Balaban J connectivity index is 1.30. The first kappa shape index (κ1) is 25.7. The van der Waals surface area contributed by atoms with E-state index in [9.17, 15) is 8.78 Å². The standard InChI is InChI=1S/C28H46F2OSi/c1-3-5-6-9-22-11-13-23(14-12-22)10-7-8-19-32-20-17-24(18-21-32)25-15-16-26(31-4-2)28(30)27(25)29/h15-16,22-24,32H,3-14,17-21H2,1-2H3/t22-,23-,24?,32?. The van der Waals surface area contributed by atoms with Crippen LogP contribution in [0.3, 0.4) is 0 Å². The highest BCUT2D eigenvalue weighted by Gasteiger charge is 2.27. The van der Waals surface area contributed by atoms with E-state index in [2.05, 4.69) is 6.92 Å². The molecule has 0 aromatic heterocycles. The van der Waals surface area contributed by atoms with Gasteiger partial charge in [-0.25, -0.2) is 4.39 Å². The van der Waals surface area contributed by atoms with Crippen LogP contribution in [0, 0.1) is 23.5 Å². The summed E-state index contributed by atoms with van der Waals surface area (Å²) >= 11 is 0. The van der Waals surface area contributed by atoms with Crippen molar-refractivity contribution in [2.75, 3.05) is 6.61 Å². The molecule has 0 atom stereocenters. The summed E-state index contributed by atoms with van der Waals surface area (Å²) in [5.74, 6) is 0.763. The van der Waals surface area contributed by atoms with Gasteiger partial charge in [-0.1, -0.05) is 102 Å². The zero-order valence-corrected chi connectivity index (χ0v) is 21.8. The second kappa shape index (κ2) is 13.7. The monoisotopic (exact) mass is 464 g/mol. The summed E-state index contributed by atoms with van der Waals surface area (Å²) in [7, 11) is -0.679. The molecule has 1 aliphatic carbocycles. The lowest BCUT2D eigenvalue weighted by Crippen LogP contribution is -2.21. The number of ether oxygens (including phenoxy) is 1. The maximum atomic E-state index is 14.6. The number of hydrogen-bond donors (Lipinski definition) is 0. The van der Waals surface area contributed by atoms with Crippen molar-refractivity contribution in [2.45, 2.75) is 121 Å². The third-order valence-electron chi connectivity index (χ3n) is 8.32. The van der Waals surface area contributed by atoms with Gasteiger partial charge in [0.2, 0.25) is 5.82 Å². The third kappa shape index (κ3) is 7.57. The van der Waals surface area contributed by atoms with Gasteiger partial charge in [0, 0.05) is 8.80 Å². The molecule has 1 aromatic carbocycles. The van der Waals surface area contributed by atoms with Crippen LogP contribution >= 0.6 is 0 Å². The highest BCUT2D eigenvalue weighted by atomic mass is 28.3. The highest BCUT2D eigenvalue weighted by molar-refractivity contribution is 6.59. The van der Waals surface area contributed by atoms with E-state index in [1.54, 1.807) is 19.1 Å². The van der Waals surface area contributed by atoms with Gasteiger partial charge in [0.05, 0.1) is 6.61 Å². The summed E-state index contributed by atoms with van der Waals surface area (Å²) in [6.07, 6.45) is 17.9. The van der Waals surface area contributed by atoms with Crippen molar-refractivity contribution in [3.05, 3.63) is 29.3 Å². The second-order valence-electron chi connectivity index (χ2n) is 10.6. The van der Waals surface area contributed by atoms with Gasteiger partial charge in [-0.2, -0.15) is 4.39 Å². The predicted octanol–water partition coefficient (Wildman–Crippen LogP) is 9.03. The van der Waals surface area contributed by atoms with Gasteiger partial charge in [-0.05, 0) is 49.1 Å². The minimum Gasteiger partial charge on any atom is -0.491 e. The van der Waals surface area contributed by atoms with Crippen LogP contribution in [0.4, 0.5) is 8.78 Å². The van der Waals surface area contributed by atoms with Crippen molar-refractivity contribution in [3.8, 4) is 5.75 Å². The van der Waals surface area contributed by atoms with Gasteiger partial charge in [0.15, 0.2) is 11.6 Å². The smallest absolute Gasteiger partial charge is 0.200 e. The van der Waals surface area contributed by atoms with Crippen molar-refractivity contribution >= 4 is 8.80 Å². The average molecular weight is 465 g/mol. The molecule has 0 spiro atoms. The summed E-state index contributed by atoms with van der Waals surface area (Å²) in [6.45, 7) is 4.44. The maximum Gasteiger partial charge on any atom is 0.200 e. The Kier molecular flexibility index (Phi) is 11.0. The molecule has 1 nitrogen and oxygen atoms in total. The second-order valence-corrected chi connectivity index (χ2v) is 14.1. The van der Waals surface area contributed by atoms with Gasteiger partial charge in [-0.3, -0.25) is 0 Å². The van der Waals surface area contributed by atoms with Crippen LogP contribution in [0.15, 0.2) is 12.1 Å². The molecule has 4 heteroatoms. The summed E-state index contributed by atoms with van der Waals surface area (Å²) in [6, 6.07) is 7.41. The van der Waals surface area contributed by atoms with Crippen molar-refractivity contribution in [2.24, 2.45) is 11.8 Å². The summed E-state index contributed by atoms with van der Waals surface area (Å²) in [4.78, 5) is 0. The van der Waals surface area contributed by atoms with Crippen LogP contribution in [0.2, 0.25) is 18.1 Å². The Hall–Kier alpha value is -0.903. The molecule has 182 valence electrons. The first-order valence-corrected chi connectivity index (χ1v) is 16.2. The molecule has 1 aliphatic heterocycles. The van der Waals surface area contributed by atoms with Crippen LogP contribution < -0.4 is 4.74 Å². The Bertz CT molecular complexity index is 664.